The van der Waals surface area contributed by atoms with Gasteiger partial charge in [-0.2, -0.15) is 0 Å². The van der Waals surface area contributed by atoms with Crippen molar-refractivity contribution in [2.75, 3.05) is 6.61 Å². The van der Waals surface area contributed by atoms with E-state index in [0.29, 0.717) is 0 Å². The third-order valence-corrected chi connectivity index (χ3v) is 1.24. The fourth-order valence-electron chi connectivity index (χ4n) is 0.769. The zero-order chi connectivity index (χ0) is 8.27. The molecule has 1 atom stereocenters. The Morgan fingerprint density at radius 1 is 1.73 bits per heavy atom. The number of cyclic esters (lactones) is 1. The lowest BCUT2D eigenvalue weighted by Crippen LogP contribution is -2.43. The van der Waals surface area contributed by atoms with Crippen molar-refractivity contribution in [1.29, 1.82) is 0 Å². The maximum atomic E-state index is 10.5. The average molecular weight is 160 g/mol. The van der Waals surface area contributed by atoms with Gasteiger partial charge in [0.25, 0.3) is 0 Å². The van der Waals surface area contributed by atoms with Crippen LogP contribution < -0.4 is 10.9 Å². The van der Waals surface area contributed by atoms with Gasteiger partial charge in [-0.25, -0.2) is 10.2 Å². The number of carbonyl (C=O) groups is 2. The van der Waals surface area contributed by atoms with Crippen molar-refractivity contribution in [3.63, 3.8) is 0 Å². The first-order valence-corrected chi connectivity index (χ1v) is 3.08. The molecule has 1 amide bonds. The highest BCUT2D eigenvalue weighted by molar-refractivity contribution is 5.72. The largest absolute Gasteiger partial charge is 0.464 e. The summed E-state index contributed by atoms with van der Waals surface area (Å²) in [6, 6.07) is -0.237. The maximum absolute atomic E-state index is 10.5. The van der Waals surface area contributed by atoms with Crippen LogP contribution in [0.3, 0.4) is 0 Å². The molecule has 1 saturated heterocycles. The smallest absolute Gasteiger partial charge is 0.419 e. The number of nitrogens with one attached hydrogen (secondary N) is 2. The van der Waals surface area contributed by atoms with Gasteiger partial charge in [0.1, 0.15) is 6.61 Å². The van der Waals surface area contributed by atoms with E-state index < -0.39 is 6.09 Å². The zero-order valence-corrected chi connectivity index (χ0v) is 5.66. The van der Waals surface area contributed by atoms with Gasteiger partial charge in [0.15, 0.2) is 0 Å². The Bertz CT molecular complexity index is 181. The summed E-state index contributed by atoms with van der Waals surface area (Å²) in [7, 11) is 0. The molecule has 1 fully saturated rings. The van der Waals surface area contributed by atoms with Crippen molar-refractivity contribution in [2.24, 2.45) is 0 Å². The standard InChI is InChI=1S/C5H8N2O4/c8-4-1-3(2-11-4)6-7-5(9)10/h3,6-7H,1-2H2,(H,9,10). The van der Waals surface area contributed by atoms with Crippen molar-refractivity contribution in [3.05, 3.63) is 0 Å². The molecule has 6 nitrogen and oxygen atoms in total. The fraction of sp³-hybridized carbons (Fsp3) is 0.600. The molecule has 0 aromatic heterocycles. The molecule has 3 N–H and O–H groups in total. The van der Waals surface area contributed by atoms with Crippen molar-refractivity contribution >= 4 is 12.1 Å². The van der Waals surface area contributed by atoms with Crippen LogP contribution in [0, 0.1) is 0 Å². The molecule has 11 heavy (non-hydrogen) atoms. The topological polar surface area (TPSA) is 87.7 Å². The highest BCUT2D eigenvalue weighted by Gasteiger charge is 2.23. The second-order valence-corrected chi connectivity index (χ2v) is 2.16. The first-order chi connectivity index (χ1) is 5.18. The number of hydrazine groups is 1. The van der Waals surface area contributed by atoms with Crippen LogP contribution in [0.25, 0.3) is 0 Å². The van der Waals surface area contributed by atoms with Gasteiger partial charge in [-0.15, -0.1) is 0 Å². The van der Waals surface area contributed by atoms with Crippen LogP contribution in [0.5, 0.6) is 0 Å². The van der Waals surface area contributed by atoms with E-state index in [1.54, 1.807) is 0 Å². The molecular weight excluding hydrogens is 152 g/mol. The van der Waals surface area contributed by atoms with E-state index >= 15 is 0 Å². The number of carbonyl (C=O) groups excluding carboxylic acids is 1. The lowest BCUT2D eigenvalue weighted by molar-refractivity contribution is -0.137. The summed E-state index contributed by atoms with van der Waals surface area (Å²) in [6.45, 7) is 0.221. The van der Waals surface area contributed by atoms with Crippen LogP contribution >= 0.6 is 0 Å². The SMILES string of the molecule is O=C(O)NNC1COC(=O)C1. The van der Waals surface area contributed by atoms with Crippen molar-refractivity contribution in [1.82, 2.24) is 10.9 Å². The second kappa shape index (κ2) is 3.20. The summed E-state index contributed by atoms with van der Waals surface area (Å²) in [6.07, 6.45) is -0.968. The van der Waals surface area contributed by atoms with Crippen LogP contribution in [0.4, 0.5) is 4.79 Å². The average Bonchev–Trinajstić information content (AvgIpc) is 2.31. The predicted octanol–water partition coefficient (Wildman–Crippen LogP) is -0.926. The summed E-state index contributed by atoms with van der Waals surface area (Å²) in [5.41, 5.74) is 4.36. The third kappa shape index (κ3) is 2.42. The quantitative estimate of drug-likeness (QED) is 0.359. The summed E-state index contributed by atoms with van der Waals surface area (Å²) in [5.74, 6) is -0.310. The predicted molar refractivity (Wildman–Crippen MR) is 33.7 cm³/mol. The molecule has 1 aliphatic heterocycles. The Labute approximate surface area is 62.5 Å². The van der Waals surface area contributed by atoms with E-state index in [9.17, 15) is 9.59 Å². The van der Waals surface area contributed by atoms with E-state index in [4.69, 9.17) is 5.11 Å². The van der Waals surface area contributed by atoms with Gasteiger partial charge in [0, 0.05) is 0 Å². The molecule has 1 unspecified atom stereocenters. The van der Waals surface area contributed by atoms with Crippen molar-refractivity contribution < 1.29 is 19.4 Å². The summed E-state index contributed by atoms with van der Waals surface area (Å²) < 4.78 is 4.56. The van der Waals surface area contributed by atoms with Crippen LogP contribution in [0.2, 0.25) is 0 Å². The van der Waals surface area contributed by atoms with Crippen LogP contribution in [0.1, 0.15) is 6.42 Å². The van der Waals surface area contributed by atoms with Gasteiger partial charge in [-0.1, -0.05) is 0 Å². The molecule has 0 aromatic rings. The van der Waals surface area contributed by atoms with Crippen molar-refractivity contribution in [3.8, 4) is 0 Å². The molecule has 62 valence electrons. The lowest BCUT2D eigenvalue weighted by atomic mass is 10.3. The van der Waals surface area contributed by atoms with Gasteiger partial charge in [-0.05, 0) is 0 Å². The third-order valence-electron chi connectivity index (χ3n) is 1.24. The molecule has 1 aliphatic rings. The molecule has 0 saturated carbocycles. The number of esters is 1. The lowest BCUT2D eigenvalue weighted by Gasteiger charge is -2.06. The first-order valence-electron chi connectivity index (χ1n) is 3.08. The molecule has 0 aromatic carbocycles. The van der Waals surface area contributed by atoms with Gasteiger partial charge in [0.05, 0.1) is 12.5 Å². The Hall–Kier alpha value is -1.30. The number of ether oxygens (including phenoxy) is 1. The number of carboxylic acid groups (broad SMARTS) is 1. The van der Waals surface area contributed by atoms with E-state index in [2.05, 4.69) is 10.2 Å². The zero-order valence-electron chi connectivity index (χ0n) is 5.66. The molecule has 0 bridgehead atoms. The first kappa shape index (κ1) is 7.80. The Kier molecular flexibility index (Phi) is 2.27. The van der Waals surface area contributed by atoms with Crippen LogP contribution in [-0.2, 0) is 9.53 Å². The Morgan fingerprint density at radius 3 is 2.91 bits per heavy atom. The van der Waals surface area contributed by atoms with Gasteiger partial charge in [-0.3, -0.25) is 10.2 Å². The van der Waals surface area contributed by atoms with E-state index in [-0.39, 0.29) is 25.0 Å². The summed E-state index contributed by atoms with van der Waals surface area (Å²) in [5, 5.41) is 8.14. The minimum atomic E-state index is -1.18. The maximum Gasteiger partial charge on any atom is 0.419 e. The molecule has 1 rings (SSSR count). The summed E-state index contributed by atoms with van der Waals surface area (Å²) in [4.78, 5) is 20.4. The molecular formula is C5H8N2O4. The highest BCUT2D eigenvalue weighted by Crippen LogP contribution is 2.03. The molecule has 0 spiro atoms. The second-order valence-electron chi connectivity index (χ2n) is 2.16. The molecule has 6 heteroatoms. The van der Waals surface area contributed by atoms with E-state index in [1.165, 1.54) is 0 Å². The van der Waals surface area contributed by atoms with E-state index in [1.807, 2.05) is 5.43 Å². The Morgan fingerprint density at radius 2 is 2.45 bits per heavy atom. The van der Waals surface area contributed by atoms with Gasteiger partial charge < -0.3 is 9.84 Å². The highest BCUT2D eigenvalue weighted by atomic mass is 16.5. The van der Waals surface area contributed by atoms with Gasteiger partial charge in [0.2, 0.25) is 0 Å². The minimum Gasteiger partial charge on any atom is -0.464 e. The summed E-state index contributed by atoms with van der Waals surface area (Å²) >= 11 is 0. The minimum absolute atomic E-state index is 0.209. The van der Waals surface area contributed by atoms with Gasteiger partial charge >= 0.3 is 12.1 Å². The number of hydrogen-bond acceptors (Lipinski definition) is 4. The van der Waals surface area contributed by atoms with Crippen LogP contribution in [0.15, 0.2) is 0 Å². The normalized spacial score (nSPS) is 22.9. The molecule has 1 heterocycles. The monoisotopic (exact) mass is 160 g/mol. The van der Waals surface area contributed by atoms with Crippen LogP contribution in [-0.4, -0.2) is 29.8 Å². The number of rotatable bonds is 2. The molecule has 0 aliphatic carbocycles. The van der Waals surface area contributed by atoms with E-state index in [0.717, 1.165) is 0 Å². The van der Waals surface area contributed by atoms with Crippen molar-refractivity contribution in [2.45, 2.75) is 12.5 Å². The number of amides is 1. The fourth-order valence-corrected chi connectivity index (χ4v) is 0.769. The molecule has 0 radical (unpaired) electrons. The number of hydrogen-bond donors (Lipinski definition) is 3. The Balaban J connectivity index is 2.18.